The minimum absolute atomic E-state index is 0.0946. The van der Waals surface area contributed by atoms with Crippen molar-refractivity contribution in [3.8, 4) is 11.5 Å². The first-order valence-electron chi connectivity index (χ1n) is 6.51. The van der Waals surface area contributed by atoms with Crippen LogP contribution in [0.4, 0.5) is 5.69 Å². The molecule has 4 heteroatoms. The Labute approximate surface area is 123 Å². The van der Waals surface area contributed by atoms with Gasteiger partial charge in [-0.15, -0.1) is 0 Å². The molecule has 2 aromatic rings. The molecule has 21 heavy (non-hydrogen) atoms. The van der Waals surface area contributed by atoms with E-state index in [9.17, 15) is 9.90 Å². The van der Waals surface area contributed by atoms with E-state index >= 15 is 0 Å². The van der Waals surface area contributed by atoms with Crippen LogP contribution in [0, 0.1) is 0 Å². The molecule has 2 rings (SSSR count). The van der Waals surface area contributed by atoms with E-state index in [1.807, 2.05) is 6.07 Å². The number of nitrogens with one attached hydrogen (secondary N) is 1. The number of hydrogen-bond donors (Lipinski definition) is 2. The fourth-order valence-corrected chi connectivity index (χ4v) is 1.88. The number of hydrogen-bond acceptors (Lipinski definition) is 4. The van der Waals surface area contributed by atoms with Gasteiger partial charge in [-0.3, -0.25) is 4.79 Å². The van der Waals surface area contributed by atoms with Crippen LogP contribution in [0.5, 0.6) is 11.5 Å². The number of anilines is 1. The van der Waals surface area contributed by atoms with E-state index in [-0.39, 0.29) is 11.5 Å². The average molecular weight is 283 g/mol. The highest BCUT2D eigenvalue weighted by Gasteiger charge is 2.04. The van der Waals surface area contributed by atoms with Gasteiger partial charge in [0.25, 0.3) is 0 Å². The molecule has 0 aliphatic heterocycles. The van der Waals surface area contributed by atoms with E-state index in [0.717, 1.165) is 5.69 Å². The average Bonchev–Trinajstić information content (AvgIpc) is 2.47. The fraction of sp³-hybridized carbons (Fsp3) is 0.118. The number of phenols is 1. The molecule has 0 unspecified atom stereocenters. The van der Waals surface area contributed by atoms with Crippen molar-refractivity contribution in [1.29, 1.82) is 0 Å². The van der Waals surface area contributed by atoms with E-state index in [1.165, 1.54) is 6.08 Å². The number of ether oxygens (including phenoxy) is 1. The van der Waals surface area contributed by atoms with E-state index in [1.54, 1.807) is 56.5 Å². The fourth-order valence-electron chi connectivity index (χ4n) is 1.88. The summed E-state index contributed by atoms with van der Waals surface area (Å²) in [6, 6.07) is 13.7. The lowest BCUT2D eigenvalue weighted by Crippen LogP contribution is -2.01. The Bertz CT molecular complexity index is 660. The van der Waals surface area contributed by atoms with Crippen LogP contribution in [0.15, 0.2) is 60.3 Å². The van der Waals surface area contributed by atoms with Crippen molar-refractivity contribution in [3.05, 3.63) is 65.9 Å². The zero-order valence-electron chi connectivity index (χ0n) is 12.0. The van der Waals surface area contributed by atoms with Gasteiger partial charge in [0, 0.05) is 29.1 Å². The van der Waals surface area contributed by atoms with Crippen molar-refractivity contribution in [3.63, 3.8) is 0 Å². The molecule has 0 saturated heterocycles. The second kappa shape index (κ2) is 6.61. The summed E-state index contributed by atoms with van der Waals surface area (Å²) in [5.41, 5.74) is 2.01. The molecular formula is C17H17NO3. The van der Waals surface area contributed by atoms with Crippen LogP contribution < -0.4 is 10.1 Å². The van der Waals surface area contributed by atoms with Gasteiger partial charge in [0.2, 0.25) is 0 Å². The van der Waals surface area contributed by atoms with Crippen molar-refractivity contribution in [2.24, 2.45) is 0 Å². The molecular weight excluding hydrogens is 266 g/mol. The van der Waals surface area contributed by atoms with Crippen molar-refractivity contribution in [2.75, 3.05) is 12.4 Å². The Hall–Kier alpha value is -2.75. The minimum Gasteiger partial charge on any atom is -0.508 e. The predicted octanol–water partition coefficient (Wildman–Crippen LogP) is 3.60. The Morgan fingerprint density at radius 3 is 2.52 bits per heavy atom. The first-order valence-corrected chi connectivity index (χ1v) is 6.51. The highest BCUT2D eigenvalue weighted by Crippen LogP contribution is 2.17. The second-order valence-electron chi connectivity index (χ2n) is 4.60. The Balaban J connectivity index is 2.08. The first-order chi connectivity index (χ1) is 10.1. The highest BCUT2D eigenvalue weighted by molar-refractivity contribution is 6.05. The van der Waals surface area contributed by atoms with Gasteiger partial charge in [0.1, 0.15) is 11.5 Å². The molecule has 0 aliphatic carbocycles. The Morgan fingerprint density at radius 1 is 1.19 bits per heavy atom. The SMILES string of the molecule is COc1ccc(C(=O)C=C(C)Nc2cccc(O)c2)cc1. The number of carbonyl (C=O) groups is 1. The van der Waals surface area contributed by atoms with Gasteiger partial charge >= 0.3 is 0 Å². The smallest absolute Gasteiger partial charge is 0.187 e. The highest BCUT2D eigenvalue weighted by atomic mass is 16.5. The lowest BCUT2D eigenvalue weighted by atomic mass is 10.1. The molecule has 0 saturated carbocycles. The van der Waals surface area contributed by atoms with Crippen LogP contribution in [0.25, 0.3) is 0 Å². The van der Waals surface area contributed by atoms with Crippen molar-refractivity contribution >= 4 is 11.5 Å². The summed E-state index contributed by atoms with van der Waals surface area (Å²) in [6.07, 6.45) is 1.52. The standard InChI is InChI=1S/C17H17NO3/c1-12(18-14-4-3-5-15(19)11-14)10-17(20)13-6-8-16(21-2)9-7-13/h3-11,18-19H,1-2H3. The maximum absolute atomic E-state index is 12.1. The van der Waals surface area contributed by atoms with Crippen molar-refractivity contribution in [2.45, 2.75) is 6.92 Å². The van der Waals surface area contributed by atoms with Gasteiger partial charge in [-0.2, -0.15) is 0 Å². The summed E-state index contributed by atoms with van der Waals surface area (Å²) in [6.45, 7) is 1.80. The Kier molecular flexibility index (Phi) is 4.61. The number of aromatic hydroxyl groups is 1. The third-order valence-corrected chi connectivity index (χ3v) is 2.91. The van der Waals surface area contributed by atoms with Crippen LogP contribution in [0.2, 0.25) is 0 Å². The Morgan fingerprint density at radius 2 is 1.90 bits per heavy atom. The molecule has 2 N–H and O–H groups in total. The number of ketones is 1. The van der Waals surface area contributed by atoms with Gasteiger partial charge in [-0.05, 0) is 43.3 Å². The maximum atomic E-state index is 12.1. The quantitative estimate of drug-likeness (QED) is 0.650. The first kappa shape index (κ1) is 14.7. The summed E-state index contributed by atoms with van der Waals surface area (Å²) in [7, 11) is 1.58. The number of benzene rings is 2. The molecule has 0 fully saturated rings. The van der Waals surface area contributed by atoms with Gasteiger partial charge in [0.05, 0.1) is 7.11 Å². The van der Waals surface area contributed by atoms with E-state index < -0.39 is 0 Å². The topological polar surface area (TPSA) is 58.6 Å². The van der Waals surface area contributed by atoms with E-state index in [2.05, 4.69) is 5.32 Å². The van der Waals surface area contributed by atoms with Gasteiger partial charge < -0.3 is 15.2 Å². The molecule has 0 aromatic heterocycles. The molecule has 4 nitrogen and oxygen atoms in total. The minimum atomic E-state index is -0.0946. The zero-order valence-corrected chi connectivity index (χ0v) is 12.0. The third kappa shape index (κ3) is 4.11. The van der Waals surface area contributed by atoms with Crippen LogP contribution in [-0.2, 0) is 0 Å². The van der Waals surface area contributed by atoms with E-state index in [0.29, 0.717) is 17.0 Å². The molecule has 0 bridgehead atoms. The number of allylic oxidation sites excluding steroid dienone is 2. The van der Waals surface area contributed by atoms with Gasteiger partial charge in [0.15, 0.2) is 5.78 Å². The predicted molar refractivity (Wildman–Crippen MR) is 82.8 cm³/mol. The molecule has 0 heterocycles. The number of methoxy groups -OCH3 is 1. The summed E-state index contributed by atoms with van der Waals surface area (Å²) in [5.74, 6) is 0.794. The van der Waals surface area contributed by atoms with Crippen LogP contribution in [-0.4, -0.2) is 18.0 Å². The lowest BCUT2D eigenvalue weighted by Gasteiger charge is -2.07. The van der Waals surface area contributed by atoms with E-state index in [4.69, 9.17) is 4.74 Å². The van der Waals surface area contributed by atoms with Crippen molar-refractivity contribution < 1.29 is 14.6 Å². The normalized spacial score (nSPS) is 11.0. The third-order valence-electron chi connectivity index (χ3n) is 2.91. The molecule has 0 amide bonds. The summed E-state index contributed by atoms with van der Waals surface area (Å²) < 4.78 is 5.06. The molecule has 0 aliphatic rings. The molecule has 0 spiro atoms. The van der Waals surface area contributed by atoms with Gasteiger partial charge in [-0.1, -0.05) is 6.07 Å². The summed E-state index contributed by atoms with van der Waals surface area (Å²) in [4.78, 5) is 12.1. The van der Waals surface area contributed by atoms with Crippen LogP contribution in [0.3, 0.4) is 0 Å². The monoisotopic (exact) mass is 283 g/mol. The molecule has 2 aromatic carbocycles. The van der Waals surface area contributed by atoms with Gasteiger partial charge in [-0.25, -0.2) is 0 Å². The second-order valence-corrected chi connectivity index (χ2v) is 4.60. The van der Waals surface area contributed by atoms with Crippen molar-refractivity contribution in [1.82, 2.24) is 0 Å². The molecule has 0 atom stereocenters. The van der Waals surface area contributed by atoms with Crippen LogP contribution in [0.1, 0.15) is 17.3 Å². The number of carbonyl (C=O) groups excluding carboxylic acids is 1. The number of phenolic OH excluding ortho intramolecular Hbond substituents is 1. The number of rotatable bonds is 5. The maximum Gasteiger partial charge on any atom is 0.187 e. The largest absolute Gasteiger partial charge is 0.508 e. The molecule has 0 radical (unpaired) electrons. The lowest BCUT2D eigenvalue weighted by molar-refractivity contribution is 0.104. The summed E-state index contributed by atoms with van der Waals surface area (Å²) >= 11 is 0. The zero-order chi connectivity index (χ0) is 15.2. The molecule has 108 valence electrons. The van der Waals surface area contributed by atoms with Crippen LogP contribution >= 0.6 is 0 Å². The summed E-state index contributed by atoms with van der Waals surface area (Å²) in [5, 5.41) is 12.5.